The molecule has 0 unspecified atom stereocenters. The second-order valence-electron chi connectivity index (χ2n) is 8.01. The predicted molar refractivity (Wildman–Crippen MR) is 103 cm³/mol. The molecule has 3 N–H and O–H groups in total. The smallest absolute Gasteiger partial charge is 0.227 e. The molecule has 27 heavy (non-hydrogen) atoms. The van der Waals surface area contributed by atoms with Crippen LogP contribution in [0.3, 0.4) is 0 Å². The summed E-state index contributed by atoms with van der Waals surface area (Å²) in [6.45, 7) is 2.83. The van der Waals surface area contributed by atoms with E-state index in [0.29, 0.717) is 13.0 Å². The summed E-state index contributed by atoms with van der Waals surface area (Å²) in [6, 6.07) is 7.36. The third kappa shape index (κ3) is 4.68. The van der Waals surface area contributed by atoms with E-state index < -0.39 is 11.5 Å². The van der Waals surface area contributed by atoms with E-state index in [2.05, 4.69) is 5.32 Å². The highest BCUT2D eigenvalue weighted by molar-refractivity contribution is 5.94. The molecule has 1 saturated carbocycles. The van der Waals surface area contributed by atoms with Gasteiger partial charge in [0.05, 0.1) is 19.1 Å². The maximum atomic E-state index is 12.6. The van der Waals surface area contributed by atoms with Crippen molar-refractivity contribution in [2.75, 3.05) is 25.0 Å². The summed E-state index contributed by atoms with van der Waals surface area (Å²) in [4.78, 5) is 26.1. The van der Waals surface area contributed by atoms with Gasteiger partial charge >= 0.3 is 0 Å². The Bertz CT molecular complexity index is 671. The molecule has 3 rings (SSSR count). The Balaban J connectivity index is 1.53. The van der Waals surface area contributed by atoms with Gasteiger partial charge in [-0.2, -0.15) is 0 Å². The fraction of sp³-hybridized carbons (Fsp3) is 0.619. The van der Waals surface area contributed by atoms with Crippen LogP contribution < -0.4 is 5.32 Å². The highest BCUT2D eigenvalue weighted by Gasteiger charge is 2.42. The van der Waals surface area contributed by atoms with Crippen molar-refractivity contribution < 1.29 is 19.8 Å². The zero-order chi connectivity index (χ0) is 19.4. The van der Waals surface area contributed by atoms with Crippen LogP contribution in [0.4, 0.5) is 5.69 Å². The number of aliphatic hydroxyl groups excluding tert-OH is 2. The molecule has 2 fully saturated rings. The molecular weight excluding hydrogens is 344 g/mol. The van der Waals surface area contributed by atoms with Crippen LogP contribution in [0.2, 0.25) is 0 Å². The standard InChI is InChI=1S/C21H30N2O4/c1-2-9-21(14-24)10-11-23(13-18(21)25)19(26)12-15-3-7-17(8-4-15)22-20(27)16-5-6-16/h3-4,7-8,16,18,24-25H,2,5-6,9-14H2,1H3,(H,22,27)/t18-,21-/m1/s1. The van der Waals surface area contributed by atoms with Crippen molar-refractivity contribution in [2.24, 2.45) is 11.3 Å². The van der Waals surface area contributed by atoms with Gasteiger partial charge in [-0.25, -0.2) is 0 Å². The number of hydrogen-bond donors (Lipinski definition) is 3. The number of nitrogens with one attached hydrogen (secondary N) is 1. The van der Waals surface area contributed by atoms with E-state index in [1.54, 1.807) is 4.90 Å². The monoisotopic (exact) mass is 374 g/mol. The van der Waals surface area contributed by atoms with Crippen LogP contribution >= 0.6 is 0 Å². The molecule has 1 aromatic rings. The average molecular weight is 374 g/mol. The second kappa shape index (κ2) is 8.40. The van der Waals surface area contributed by atoms with Crippen molar-refractivity contribution in [3.63, 3.8) is 0 Å². The highest BCUT2D eigenvalue weighted by Crippen LogP contribution is 2.36. The normalized spacial score (nSPS) is 25.3. The van der Waals surface area contributed by atoms with E-state index in [0.717, 1.165) is 36.9 Å². The number of carbonyl (C=O) groups is 2. The van der Waals surface area contributed by atoms with Crippen molar-refractivity contribution >= 4 is 17.5 Å². The number of nitrogens with zero attached hydrogens (tertiary/aromatic N) is 1. The zero-order valence-corrected chi connectivity index (χ0v) is 16.0. The Labute approximate surface area is 160 Å². The third-order valence-corrected chi connectivity index (χ3v) is 5.92. The first-order valence-corrected chi connectivity index (χ1v) is 9.94. The summed E-state index contributed by atoms with van der Waals surface area (Å²) < 4.78 is 0. The number of likely N-dealkylation sites (tertiary alicyclic amines) is 1. The van der Waals surface area contributed by atoms with Gasteiger partial charge < -0.3 is 20.4 Å². The van der Waals surface area contributed by atoms with Gasteiger partial charge in [0.1, 0.15) is 0 Å². The maximum absolute atomic E-state index is 12.6. The molecule has 2 atom stereocenters. The van der Waals surface area contributed by atoms with Gasteiger partial charge in [-0.05, 0) is 43.4 Å². The van der Waals surface area contributed by atoms with Gasteiger partial charge in [0.15, 0.2) is 0 Å². The first kappa shape index (κ1) is 19.8. The molecule has 0 aromatic heterocycles. The molecule has 0 spiro atoms. The summed E-state index contributed by atoms with van der Waals surface area (Å²) >= 11 is 0. The van der Waals surface area contributed by atoms with Gasteiger partial charge in [0.2, 0.25) is 11.8 Å². The van der Waals surface area contributed by atoms with Crippen molar-refractivity contribution in [2.45, 2.75) is 51.6 Å². The van der Waals surface area contributed by atoms with Crippen LogP contribution in [0.5, 0.6) is 0 Å². The molecular formula is C21H30N2O4. The Morgan fingerprint density at radius 3 is 2.52 bits per heavy atom. The quantitative estimate of drug-likeness (QED) is 0.680. The van der Waals surface area contributed by atoms with E-state index in [9.17, 15) is 19.8 Å². The van der Waals surface area contributed by atoms with Crippen LogP contribution in [-0.2, 0) is 16.0 Å². The predicted octanol–water partition coefficient (Wildman–Crippen LogP) is 1.95. The second-order valence-corrected chi connectivity index (χ2v) is 8.01. The van der Waals surface area contributed by atoms with Crippen molar-refractivity contribution in [1.82, 2.24) is 4.90 Å². The summed E-state index contributed by atoms with van der Waals surface area (Å²) in [5, 5.41) is 23.1. The van der Waals surface area contributed by atoms with E-state index in [1.807, 2.05) is 31.2 Å². The molecule has 1 aromatic carbocycles. The lowest BCUT2D eigenvalue weighted by molar-refractivity contribution is -0.141. The summed E-state index contributed by atoms with van der Waals surface area (Å²) in [7, 11) is 0. The van der Waals surface area contributed by atoms with Gasteiger partial charge in [-0.1, -0.05) is 25.5 Å². The van der Waals surface area contributed by atoms with Crippen LogP contribution in [0.25, 0.3) is 0 Å². The molecule has 6 heteroatoms. The third-order valence-electron chi connectivity index (χ3n) is 5.92. The van der Waals surface area contributed by atoms with E-state index >= 15 is 0 Å². The molecule has 1 aliphatic heterocycles. The van der Waals surface area contributed by atoms with E-state index in [1.165, 1.54) is 0 Å². The van der Waals surface area contributed by atoms with Crippen LogP contribution in [0, 0.1) is 11.3 Å². The Morgan fingerprint density at radius 1 is 1.26 bits per heavy atom. The summed E-state index contributed by atoms with van der Waals surface area (Å²) in [5.74, 6) is 0.211. The fourth-order valence-electron chi connectivity index (χ4n) is 3.88. The van der Waals surface area contributed by atoms with E-state index in [4.69, 9.17) is 0 Å². The minimum atomic E-state index is -0.694. The van der Waals surface area contributed by atoms with Crippen molar-refractivity contribution in [1.29, 1.82) is 0 Å². The van der Waals surface area contributed by atoms with Gasteiger partial charge in [0.25, 0.3) is 0 Å². The molecule has 2 amide bonds. The number of hydrogen-bond acceptors (Lipinski definition) is 4. The van der Waals surface area contributed by atoms with Crippen molar-refractivity contribution in [3.05, 3.63) is 29.8 Å². The van der Waals surface area contributed by atoms with Crippen LogP contribution in [-0.4, -0.2) is 52.7 Å². The van der Waals surface area contributed by atoms with E-state index in [-0.39, 0.29) is 37.3 Å². The maximum Gasteiger partial charge on any atom is 0.227 e. The number of carbonyl (C=O) groups excluding carboxylic acids is 2. The molecule has 1 aliphatic carbocycles. The van der Waals surface area contributed by atoms with Crippen molar-refractivity contribution in [3.8, 4) is 0 Å². The van der Waals surface area contributed by atoms with Gasteiger partial charge in [-0.3, -0.25) is 9.59 Å². The number of benzene rings is 1. The minimum absolute atomic E-state index is 0.0214. The van der Waals surface area contributed by atoms with Crippen LogP contribution in [0.15, 0.2) is 24.3 Å². The lowest BCUT2D eigenvalue weighted by atomic mass is 9.73. The highest BCUT2D eigenvalue weighted by atomic mass is 16.3. The number of piperidine rings is 1. The Kier molecular flexibility index (Phi) is 6.17. The Hall–Kier alpha value is -1.92. The molecule has 2 aliphatic rings. The lowest BCUT2D eigenvalue weighted by Gasteiger charge is -2.44. The van der Waals surface area contributed by atoms with Crippen LogP contribution in [0.1, 0.15) is 44.6 Å². The molecule has 0 radical (unpaired) electrons. The summed E-state index contributed by atoms with van der Waals surface area (Å²) in [6.07, 6.45) is 3.79. The molecule has 0 bridgehead atoms. The summed E-state index contributed by atoms with van der Waals surface area (Å²) in [5.41, 5.74) is 1.16. The lowest BCUT2D eigenvalue weighted by Crippen LogP contribution is -2.54. The SMILES string of the molecule is CCC[C@]1(CO)CCN(C(=O)Cc2ccc(NC(=O)C3CC3)cc2)C[C@H]1O. The molecule has 148 valence electrons. The van der Waals surface area contributed by atoms with Gasteiger partial charge in [0, 0.05) is 30.1 Å². The number of β-amino-alcohol motifs (C(OH)–C–C–N with tert-alkyl or cyclic N) is 1. The molecule has 1 saturated heterocycles. The fourth-order valence-corrected chi connectivity index (χ4v) is 3.88. The molecule has 1 heterocycles. The average Bonchev–Trinajstić information content (AvgIpc) is 3.50. The largest absolute Gasteiger partial charge is 0.396 e. The number of aliphatic hydroxyl groups is 2. The Morgan fingerprint density at radius 2 is 1.96 bits per heavy atom. The number of rotatable bonds is 7. The number of anilines is 1. The first-order valence-electron chi connectivity index (χ1n) is 9.94. The van der Waals surface area contributed by atoms with Gasteiger partial charge in [-0.15, -0.1) is 0 Å². The molecule has 6 nitrogen and oxygen atoms in total. The number of amides is 2. The topological polar surface area (TPSA) is 89.9 Å². The zero-order valence-electron chi connectivity index (χ0n) is 16.0. The minimum Gasteiger partial charge on any atom is -0.396 e. The first-order chi connectivity index (χ1) is 13.0.